The van der Waals surface area contributed by atoms with Crippen LogP contribution in [0.4, 0.5) is 0 Å². The number of aryl methyl sites for hydroxylation is 1. The molecule has 0 atom stereocenters. The highest BCUT2D eigenvalue weighted by atomic mass is 35.5. The van der Waals surface area contributed by atoms with Crippen LogP contribution in [0.1, 0.15) is 18.1 Å². The molecule has 29 heavy (non-hydrogen) atoms. The standard InChI is InChI=1S/C21H18Cl2N2O3S/c1-3-28-19(27)12-25-20-13(2)15(22)9-10-17(20)29-21(25)24-18(26)11-8-14-6-4-5-7-16(14)23/h4-11H,3,12H2,1-2H3/b11-8+,24-21?. The molecular formula is C21H18Cl2N2O3S. The van der Waals surface area contributed by atoms with Crippen LogP contribution < -0.4 is 4.80 Å². The summed E-state index contributed by atoms with van der Waals surface area (Å²) in [7, 11) is 0. The number of benzene rings is 2. The van der Waals surface area contributed by atoms with Crippen LogP contribution in [0.3, 0.4) is 0 Å². The van der Waals surface area contributed by atoms with Crippen LogP contribution >= 0.6 is 34.5 Å². The van der Waals surface area contributed by atoms with Crippen molar-refractivity contribution in [3.63, 3.8) is 0 Å². The van der Waals surface area contributed by atoms with Crippen molar-refractivity contribution >= 4 is 62.7 Å². The second-order valence-electron chi connectivity index (χ2n) is 6.10. The lowest BCUT2D eigenvalue weighted by Gasteiger charge is -2.07. The number of hydrogen-bond acceptors (Lipinski definition) is 4. The molecule has 0 radical (unpaired) electrons. The van der Waals surface area contributed by atoms with Crippen LogP contribution in [0.15, 0.2) is 47.5 Å². The fourth-order valence-corrected chi connectivity index (χ4v) is 4.23. The van der Waals surface area contributed by atoms with Gasteiger partial charge in [-0.3, -0.25) is 9.59 Å². The fraction of sp³-hybridized carbons (Fsp3) is 0.190. The molecule has 0 fully saturated rings. The third-order valence-corrected chi connectivity index (χ3v) is 5.94. The average molecular weight is 449 g/mol. The van der Waals surface area contributed by atoms with Gasteiger partial charge in [-0.1, -0.05) is 52.7 Å². The highest BCUT2D eigenvalue weighted by molar-refractivity contribution is 7.16. The van der Waals surface area contributed by atoms with Gasteiger partial charge in [0, 0.05) is 16.1 Å². The van der Waals surface area contributed by atoms with Gasteiger partial charge in [-0.05, 0) is 49.2 Å². The maximum Gasteiger partial charge on any atom is 0.326 e. The summed E-state index contributed by atoms with van der Waals surface area (Å²) in [5, 5.41) is 1.12. The topological polar surface area (TPSA) is 60.7 Å². The summed E-state index contributed by atoms with van der Waals surface area (Å²) < 4.78 is 7.61. The van der Waals surface area contributed by atoms with E-state index in [1.807, 2.05) is 25.1 Å². The van der Waals surface area contributed by atoms with Crippen LogP contribution in [-0.4, -0.2) is 23.1 Å². The Labute approximate surface area is 181 Å². The molecule has 0 aliphatic heterocycles. The van der Waals surface area contributed by atoms with E-state index in [1.165, 1.54) is 17.4 Å². The lowest BCUT2D eigenvalue weighted by molar-refractivity contribution is -0.143. The van der Waals surface area contributed by atoms with E-state index in [-0.39, 0.29) is 13.2 Å². The zero-order chi connectivity index (χ0) is 21.0. The smallest absolute Gasteiger partial charge is 0.326 e. The molecule has 2 aromatic carbocycles. The van der Waals surface area contributed by atoms with Crippen molar-refractivity contribution in [2.45, 2.75) is 20.4 Å². The van der Waals surface area contributed by atoms with Crippen LogP contribution in [0.5, 0.6) is 0 Å². The van der Waals surface area contributed by atoms with Gasteiger partial charge in [0.25, 0.3) is 5.91 Å². The monoisotopic (exact) mass is 448 g/mol. The van der Waals surface area contributed by atoms with Gasteiger partial charge < -0.3 is 9.30 Å². The second-order valence-corrected chi connectivity index (χ2v) is 7.92. The van der Waals surface area contributed by atoms with Crippen molar-refractivity contribution in [3.8, 4) is 0 Å². The van der Waals surface area contributed by atoms with E-state index < -0.39 is 11.9 Å². The van der Waals surface area contributed by atoms with E-state index >= 15 is 0 Å². The van der Waals surface area contributed by atoms with Gasteiger partial charge in [0.05, 0.1) is 16.8 Å². The summed E-state index contributed by atoms with van der Waals surface area (Å²) in [6, 6.07) is 10.8. The molecule has 150 valence electrons. The minimum absolute atomic E-state index is 0.0602. The molecule has 5 nitrogen and oxygen atoms in total. The van der Waals surface area contributed by atoms with E-state index in [9.17, 15) is 9.59 Å². The van der Waals surface area contributed by atoms with Gasteiger partial charge in [-0.2, -0.15) is 4.99 Å². The quantitative estimate of drug-likeness (QED) is 0.406. The number of carbonyl (C=O) groups excluding carboxylic acids is 2. The van der Waals surface area contributed by atoms with Gasteiger partial charge in [0.15, 0.2) is 4.80 Å². The second kappa shape index (κ2) is 9.39. The van der Waals surface area contributed by atoms with Crippen molar-refractivity contribution in [1.82, 2.24) is 4.57 Å². The minimum atomic E-state index is -0.460. The number of amides is 1. The number of fused-ring (bicyclic) bond motifs is 1. The fourth-order valence-electron chi connectivity index (χ4n) is 2.79. The number of esters is 1. The number of halogens is 2. The maximum atomic E-state index is 12.4. The summed E-state index contributed by atoms with van der Waals surface area (Å²) in [5.41, 5.74) is 2.29. The number of rotatable bonds is 5. The Morgan fingerprint density at radius 3 is 2.66 bits per heavy atom. The molecule has 0 aliphatic rings. The third-order valence-electron chi connectivity index (χ3n) is 4.14. The number of ether oxygens (including phenoxy) is 1. The molecule has 1 amide bonds. The van der Waals surface area contributed by atoms with E-state index in [1.54, 1.807) is 35.8 Å². The normalized spacial score (nSPS) is 12.1. The Hall–Kier alpha value is -2.41. The largest absolute Gasteiger partial charge is 0.465 e. The van der Waals surface area contributed by atoms with Gasteiger partial charge in [-0.25, -0.2) is 0 Å². The number of nitrogens with zero attached hydrogens (tertiary/aromatic N) is 2. The Balaban J connectivity index is 2.05. The van der Waals surface area contributed by atoms with E-state index in [0.29, 0.717) is 14.8 Å². The number of thiazole rings is 1. The third kappa shape index (κ3) is 4.96. The zero-order valence-corrected chi connectivity index (χ0v) is 18.1. The molecule has 0 spiro atoms. The number of aromatic nitrogens is 1. The molecular weight excluding hydrogens is 431 g/mol. The van der Waals surface area contributed by atoms with Crippen LogP contribution in [0.25, 0.3) is 16.3 Å². The molecule has 0 N–H and O–H groups in total. The lowest BCUT2D eigenvalue weighted by atomic mass is 10.2. The summed E-state index contributed by atoms with van der Waals surface area (Å²) in [5.74, 6) is -0.870. The predicted molar refractivity (Wildman–Crippen MR) is 117 cm³/mol. The van der Waals surface area contributed by atoms with E-state index in [2.05, 4.69) is 4.99 Å². The molecule has 1 heterocycles. The molecule has 0 saturated heterocycles. The number of hydrogen-bond donors (Lipinski definition) is 0. The molecule has 3 rings (SSSR count). The van der Waals surface area contributed by atoms with Crippen LogP contribution in [-0.2, 0) is 20.9 Å². The summed E-state index contributed by atoms with van der Waals surface area (Å²) >= 11 is 13.7. The summed E-state index contributed by atoms with van der Waals surface area (Å²) in [6.07, 6.45) is 2.96. The van der Waals surface area contributed by atoms with Crippen molar-refractivity contribution in [1.29, 1.82) is 0 Å². The Kier molecular flexibility index (Phi) is 6.90. The predicted octanol–water partition coefficient (Wildman–Crippen LogP) is 5.02. The number of carbonyl (C=O) groups is 2. The van der Waals surface area contributed by atoms with Crippen LogP contribution in [0, 0.1) is 6.92 Å². The van der Waals surface area contributed by atoms with Crippen molar-refractivity contribution in [2.75, 3.05) is 6.61 Å². The molecule has 8 heteroatoms. The minimum Gasteiger partial charge on any atom is -0.465 e. The molecule has 1 aromatic heterocycles. The lowest BCUT2D eigenvalue weighted by Crippen LogP contribution is -2.23. The molecule has 0 bridgehead atoms. The van der Waals surface area contributed by atoms with E-state index in [4.69, 9.17) is 27.9 Å². The van der Waals surface area contributed by atoms with Gasteiger partial charge >= 0.3 is 5.97 Å². The first-order chi connectivity index (χ1) is 13.9. The summed E-state index contributed by atoms with van der Waals surface area (Å²) in [6.45, 7) is 3.81. The summed E-state index contributed by atoms with van der Waals surface area (Å²) in [4.78, 5) is 29.1. The molecule has 0 aliphatic carbocycles. The van der Waals surface area contributed by atoms with Gasteiger partial charge in [-0.15, -0.1) is 0 Å². The van der Waals surface area contributed by atoms with Crippen molar-refractivity contribution in [3.05, 3.63) is 68.4 Å². The highest BCUT2D eigenvalue weighted by Gasteiger charge is 2.15. The first kappa shape index (κ1) is 21.3. The average Bonchev–Trinajstić information content (AvgIpc) is 3.02. The zero-order valence-electron chi connectivity index (χ0n) is 15.8. The SMILES string of the molecule is CCOC(=O)Cn1c(=NC(=O)/C=C/c2ccccc2Cl)sc2ccc(Cl)c(C)c21. The first-order valence-electron chi connectivity index (χ1n) is 8.86. The van der Waals surface area contributed by atoms with Gasteiger partial charge in [0.2, 0.25) is 0 Å². The Bertz CT molecular complexity index is 1180. The van der Waals surface area contributed by atoms with Gasteiger partial charge in [0.1, 0.15) is 6.54 Å². The van der Waals surface area contributed by atoms with Crippen molar-refractivity contribution < 1.29 is 14.3 Å². The highest BCUT2D eigenvalue weighted by Crippen LogP contribution is 2.27. The molecule has 3 aromatic rings. The Morgan fingerprint density at radius 1 is 1.17 bits per heavy atom. The molecule has 0 unspecified atom stereocenters. The maximum absolute atomic E-state index is 12.4. The first-order valence-corrected chi connectivity index (χ1v) is 10.4. The van der Waals surface area contributed by atoms with Crippen LogP contribution in [0.2, 0.25) is 10.0 Å². The molecule has 0 saturated carbocycles. The Morgan fingerprint density at radius 2 is 1.93 bits per heavy atom. The van der Waals surface area contributed by atoms with E-state index in [0.717, 1.165) is 21.3 Å². The van der Waals surface area contributed by atoms with Crippen molar-refractivity contribution in [2.24, 2.45) is 4.99 Å².